The predicted molar refractivity (Wildman–Crippen MR) is 202 cm³/mol. The molecule has 8 nitrogen and oxygen atoms in total. The number of esters is 2. The van der Waals surface area contributed by atoms with Crippen molar-refractivity contribution >= 4 is 19.8 Å². The zero-order valence-corrected chi connectivity index (χ0v) is 32.0. The van der Waals surface area contributed by atoms with Crippen LogP contribution in [0.4, 0.5) is 0 Å². The van der Waals surface area contributed by atoms with Crippen LogP contribution in [0.5, 0.6) is 0 Å². The van der Waals surface area contributed by atoms with Gasteiger partial charge in [0.05, 0.1) is 6.61 Å². The molecule has 0 rings (SSSR count). The largest absolute Gasteiger partial charge is 0.469 e. The molecule has 0 heterocycles. The molecule has 0 amide bonds. The number of carbonyl (C=O) groups excluding carboxylic acids is 2. The van der Waals surface area contributed by atoms with E-state index in [1.807, 2.05) is 6.08 Å². The fraction of sp³-hybridized carbons (Fsp3) is 0.750. The smallest absolute Gasteiger partial charge is 0.462 e. The molecule has 0 unspecified atom stereocenters. The van der Waals surface area contributed by atoms with E-state index in [1.165, 1.54) is 96.3 Å². The Labute approximate surface area is 299 Å². The number of allylic oxidation sites excluding steroid dienone is 8. The first-order valence-electron chi connectivity index (χ1n) is 19.4. The van der Waals surface area contributed by atoms with Gasteiger partial charge in [-0.1, -0.05) is 159 Å². The molecule has 0 aliphatic heterocycles. The average Bonchev–Trinajstić information content (AvgIpc) is 3.07. The van der Waals surface area contributed by atoms with E-state index in [0.29, 0.717) is 12.8 Å². The Balaban J connectivity index is 4.06. The number of phosphoric ester groups is 1. The number of hydrogen-bond donors (Lipinski definition) is 2. The second-order valence-electron chi connectivity index (χ2n) is 12.9. The van der Waals surface area contributed by atoms with Crippen molar-refractivity contribution in [2.75, 3.05) is 13.2 Å². The number of carbonyl (C=O) groups is 2. The van der Waals surface area contributed by atoms with Crippen LogP contribution in [0.15, 0.2) is 48.6 Å². The molecular formula is C40H71O8P. The van der Waals surface area contributed by atoms with Crippen molar-refractivity contribution < 1.29 is 37.9 Å². The quantitative estimate of drug-likeness (QED) is 0.0289. The standard InChI is InChI=1S/C40H71O8P/c1-3-5-7-9-11-13-15-17-19-20-21-23-25-27-29-31-33-35-40(42)48-38(37-47-49(43,44)45)36-46-39(41)34-32-30-28-26-24-22-18-16-14-12-10-8-6-4-2/h11,13,17,19,21,23,27,29,38H,3-10,12,14-16,18,20,22,24-26,28,30-37H2,1-2H3,(H2,43,44,45)/b13-11-,19-17-,23-21-,29-27-/t38-/m1/s1. The van der Waals surface area contributed by atoms with Gasteiger partial charge in [-0.15, -0.1) is 0 Å². The molecule has 2 N–H and O–H groups in total. The highest BCUT2D eigenvalue weighted by Gasteiger charge is 2.22. The normalized spacial score (nSPS) is 13.0. The fourth-order valence-electron chi connectivity index (χ4n) is 5.19. The van der Waals surface area contributed by atoms with Crippen LogP contribution in [-0.2, 0) is 28.2 Å². The summed E-state index contributed by atoms with van der Waals surface area (Å²) in [4.78, 5) is 42.7. The van der Waals surface area contributed by atoms with Crippen molar-refractivity contribution in [2.45, 2.75) is 180 Å². The Kier molecular flexibility index (Phi) is 34.4. The first kappa shape index (κ1) is 47.0. The summed E-state index contributed by atoms with van der Waals surface area (Å²) >= 11 is 0. The number of hydrogen-bond acceptors (Lipinski definition) is 6. The minimum Gasteiger partial charge on any atom is -0.462 e. The van der Waals surface area contributed by atoms with Gasteiger partial charge in [0.25, 0.3) is 0 Å². The van der Waals surface area contributed by atoms with Crippen molar-refractivity contribution in [3.05, 3.63) is 48.6 Å². The van der Waals surface area contributed by atoms with Gasteiger partial charge >= 0.3 is 19.8 Å². The molecule has 0 saturated heterocycles. The van der Waals surface area contributed by atoms with Crippen LogP contribution >= 0.6 is 7.82 Å². The van der Waals surface area contributed by atoms with Crippen LogP contribution in [0.2, 0.25) is 0 Å². The second-order valence-corrected chi connectivity index (χ2v) is 14.1. The van der Waals surface area contributed by atoms with Crippen LogP contribution < -0.4 is 0 Å². The van der Waals surface area contributed by atoms with Crippen LogP contribution in [0, 0.1) is 0 Å². The Morgan fingerprint density at radius 1 is 0.531 bits per heavy atom. The molecule has 0 aromatic heterocycles. The molecule has 0 aliphatic rings. The highest BCUT2D eigenvalue weighted by atomic mass is 31.2. The number of ether oxygens (including phenoxy) is 2. The summed E-state index contributed by atoms with van der Waals surface area (Å²) in [7, 11) is -4.76. The van der Waals surface area contributed by atoms with Crippen molar-refractivity contribution in [3.8, 4) is 0 Å². The first-order valence-corrected chi connectivity index (χ1v) is 21.0. The maximum atomic E-state index is 12.3. The van der Waals surface area contributed by atoms with E-state index >= 15 is 0 Å². The van der Waals surface area contributed by atoms with E-state index in [-0.39, 0.29) is 19.4 Å². The van der Waals surface area contributed by atoms with E-state index < -0.39 is 32.5 Å². The molecule has 0 fully saturated rings. The lowest BCUT2D eigenvalue weighted by molar-refractivity contribution is -0.161. The molecular weight excluding hydrogens is 639 g/mol. The first-order chi connectivity index (χ1) is 23.8. The zero-order chi connectivity index (χ0) is 36.1. The van der Waals surface area contributed by atoms with Crippen LogP contribution in [-0.4, -0.2) is 41.0 Å². The summed E-state index contributed by atoms with van der Waals surface area (Å²) < 4.78 is 26.3. The van der Waals surface area contributed by atoms with Gasteiger partial charge in [0.2, 0.25) is 0 Å². The minimum atomic E-state index is -4.76. The van der Waals surface area contributed by atoms with Crippen molar-refractivity contribution in [1.29, 1.82) is 0 Å². The van der Waals surface area contributed by atoms with Gasteiger partial charge < -0.3 is 19.3 Å². The molecule has 0 saturated carbocycles. The summed E-state index contributed by atoms with van der Waals surface area (Å²) in [5, 5.41) is 0. The molecule has 0 spiro atoms. The molecule has 0 aromatic rings. The van der Waals surface area contributed by atoms with Crippen LogP contribution in [0.25, 0.3) is 0 Å². The van der Waals surface area contributed by atoms with E-state index in [9.17, 15) is 14.2 Å². The highest BCUT2D eigenvalue weighted by molar-refractivity contribution is 7.46. The minimum absolute atomic E-state index is 0.136. The predicted octanol–water partition coefficient (Wildman–Crippen LogP) is 11.6. The second kappa shape index (κ2) is 35.8. The Bertz CT molecular complexity index is 937. The van der Waals surface area contributed by atoms with E-state index in [0.717, 1.165) is 38.5 Å². The summed E-state index contributed by atoms with van der Waals surface area (Å²) in [5.41, 5.74) is 0. The lowest BCUT2D eigenvalue weighted by Crippen LogP contribution is -2.29. The van der Waals surface area contributed by atoms with Crippen molar-refractivity contribution in [1.82, 2.24) is 0 Å². The number of unbranched alkanes of at least 4 members (excludes halogenated alkanes) is 17. The zero-order valence-electron chi connectivity index (χ0n) is 31.1. The van der Waals surface area contributed by atoms with Gasteiger partial charge in [0.15, 0.2) is 6.10 Å². The molecule has 0 aromatic carbocycles. The SMILES string of the molecule is CCCCC/C=C\C/C=C\C/C=C\C/C=C\CCCC(=O)O[C@H](COC(=O)CCCCCCCCCCCCCCCC)COP(=O)(O)O. The maximum absolute atomic E-state index is 12.3. The monoisotopic (exact) mass is 710 g/mol. The van der Waals surface area contributed by atoms with Gasteiger partial charge in [-0.25, -0.2) is 4.57 Å². The van der Waals surface area contributed by atoms with Gasteiger partial charge in [-0.05, 0) is 51.4 Å². The van der Waals surface area contributed by atoms with E-state index in [4.69, 9.17) is 19.3 Å². The maximum Gasteiger partial charge on any atom is 0.469 e. The summed E-state index contributed by atoms with van der Waals surface area (Å²) in [5.74, 6) is -0.949. The molecule has 9 heteroatoms. The van der Waals surface area contributed by atoms with Gasteiger partial charge in [-0.3, -0.25) is 14.1 Å². The van der Waals surface area contributed by atoms with Crippen molar-refractivity contribution in [3.63, 3.8) is 0 Å². The van der Waals surface area contributed by atoms with Crippen molar-refractivity contribution in [2.24, 2.45) is 0 Å². The van der Waals surface area contributed by atoms with E-state index in [2.05, 4.69) is 60.9 Å². The van der Waals surface area contributed by atoms with Gasteiger partial charge in [0.1, 0.15) is 6.61 Å². The highest BCUT2D eigenvalue weighted by Crippen LogP contribution is 2.36. The fourth-order valence-corrected chi connectivity index (χ4v) is 5.55. The van der Waals surface area contributed by atoms with Crippen LogP contribution in [0.3, 0.4) is 0 Å². The third kappa shape index (κ3) is 38.7. The third-order valence-corrected chi connectivity index (χ3v) is 8.59. The summed E-state index contributed by atoms with van der Waals surface area (Å²) in [6, 6.07) is 0. The Morgan fingerprint density at radius 3 is 1.43 bits per heavy atom. The lowest BCUT2D eigenvalue weighted by atomic mass is 10.0. The summed E-state index contributed by atoms with van der Waals surface area (Å²) in [6.07, 6.45) is 42.6. The number of rotatable bonds is 35. The molecule has 49 heavy (non-hydrogen) atoms. The molecule has 0 bridgehead atoms. The lowest BCUT2D eigenvalue weighted by Gasteiger charge is -2.18. The molecule has 1 atom stereocenters. The Hall–Kier alpha value is -1.99. The average molecular weight is 711 g/mol. The van der Waals surface area contributed by atoms with Gasteiger partial charge in [0, 0.05) is 12.8 Å². The topological polar surface area (TPSA) is 119 Å². The molecule has 0 radical (unpaired) electrons. The van der Waals surface area contributed by atoms with Crippen LogP contribution in [0.1, 0.15) is 174 Å². The van der Waals surface area contributed by atoms with E-state index in [1.54, 1.807) is 0 Å². The summed E-state index contributed by atoms with van der Waals surface area (Å²) in [6.45, 7) is 3.60. The van der Waals surface area contributed by atoms with Gasteiger partial charge in [-0.2, -0.15) is 0 Å². The Morgan fingerprint density at radius 2 is 0.939 bits per heavy atom. The molecule has 284 valence electrons. The molecule has 0 aliphatic carbocycles. The number of phosphoric acid groups is 1. The third-order valence-electron chi connectivity index (χ3n) is 8.10.